The van der Waals surface area contributed by atoms with Gasteiger partial charge in [-0.05, 0) is 43.7 Å². The summed E-state index contributed by atoms with van der Waals surface area (Å²) >= 11 is 0. The van der Waals surface area contributed by atoms with Crippen LogP contribution in [0.5, 0.6) is 0 Å². The Hall–Kier alpha value is -1.81. The molecule has 1 aromatic heterocycles. The van der Waals surface area contributed by atoms with Crippen LogP contribution in [0.3, 0.4) is 0 Å². The van der Waals surface area contributed by atoms with Gasteiger partial charge in [0.1, 0.15) is 0 Å². The van der Waals surface area contributed by atoms with Crippen molar-refractivity contribution in [1.82, 2.24) is 4.57 Å². The largest absolute Gasteiger partial charge is 0.478 e. The van der Waals surface area contributed by atoms with Gasteiger partial charge in [-0.3, -0.25) is 0 Å². The van der Waals surface area contributed by atoms with Crippen molar-refractivity contribution in [1.29, 1.82) is 0 Å². The second-order valence-corrected chi connectivity index (χ2v) is 4.19. The van der Waals surface area contributed by atoms with Crippen LogP contribution in [0.25, 0.3) is 10.9 Å². The second-order valence-electron chi connectivity index (χ2n) is 4.19. The number of aromatic nitrogens is 1. The lowest BCUT2D eigenvalue weighted by Crippen LogP contribution is -2.05. The highest BCUT2D eigenvalue weighted by molar-refractivity contribution is 5.95. The molecule has 1 heterocycles. The second kappa shape index (κ2) is 4.59. The van der Waals surface area contributed by atoms with Crippen molar-refractivity contribution < 1.29 is 9.90 Å². The number of hydrogen-bond donors (Lipinski definition) is 2. The van der Waals surface area contributed by atoms with Crippen LogP contribution in [-0.2, 0) is 6.54 Å². The molecule has 90 valence electrons. The summed E-state index contributed by atoms with van der Waals surface area (Å²) in [6.45, 7) is 3.47. The average Bonchev–Trinajstić information content (AvgIpc) is 2.69. The van der Waals surface area contributed by atoms with Crippen molar-refractivity contribution >= 4 is 16.9 Å². The maximum atomic E-state index is 11.0. The maximum Gasteiger partial charge on any atom is 0.335 e. The summed E-state index contributed by atoms with van der Waals surface area (Å²) in [7, 11) is 0. The lowest BCUT2D eigenvalue weighted by molar-refractivity contribution is 0.0697. The molecular formula is C13H16N2O2. The van der Waals surface area contributed by atoms with E-state index in [4.69, 9.17) is 10.8 Å². The van der Waals surface area contributed by atoms with E-state index in [1.54, 1.807) is 12.1 Å². The summed E-state index contributed by atoms with van der Waals surface area (Å²) in [6, 6.07) is 5.37. The Balaban J connectivity index is 2.51. The summed E-state index contributed by atoms with van der Waals surface area (Å²) in [5, 5.41) is 9.97. The number of carboxylic acid groups (broad SMARTS) is 1. The zero-order valence-corrected chi connectivity index (χ0v) is 9.81. The Labute approximate surface area is 99.7 Å². The van der Waals surface area contributed by atoms with Gasteiger partial charge in [-0.2, -0.15) is 0 Å². The van der Waals surface area contributed by atoms with Crippen LogP contribution in [0.15, 0.2) is 24.4 Å². The molecule has 0 saturated carbocycles. The van der Waals surface area contributed by atoms with Crippen molar-refractivity contribution in [3.63, 3.8) is 0 Å². The number of rotatable bonds is 4. The van der Waals surface area contributed by atoms with Crippen LogP contribution >= 0.6 is 0 Å². The van der Waals surface area contributed by atoms with Crippen LogP contribution in [0.4, 0.5) is 0 Å². The third-order valence-corrected chi connectivity index (χ3v) is 2.90. The van der Waals surface area contributed by atoms with Crippen molar-refractivity contribution in [3.8, 4) is 0 Å². The first-order valence-electron chi connectivity index (χ1n) is 5.66. The van der Waals surface area contributed by atoms with Crippen LogP contribution in [0.1, 0.15) is 22.3 Å². The van der Waals surface area contributed by atoms with Gasteiger partial charge >= 0.3 is 5.97 Å². The molecule has 0 unspecified atom stereocenters. The predicted octanol–water partition coefficient (Wildman–Crippen LogP) is 2.00. The number of aryl methyl sites for hydroxylation is 2. The Morgan fingerprint density at radius 3 is 2.88 bits per heavy atom. The van der Waals surface area contributed by atoms with E-state index in [1.165, 1.54) is 0 Å². The van der Waals surface area contributed by atoms with E-state index in [9.17, 15) is 4.79 Å². The highest BCUT2D eigenvalue weighted by atomic mass is 16.4. The van der Waals surface area contributed by atoms with E-state index in [1.807, 2.05) is 19.2 Å². The minimum Gasteiger partial charge on any atom is -0.478 e. The Bertz CT molecular complexity index is 558. The molecule has 2 rings (SSSR count). The lowest BCUT2D eigenvalue weighted by atomic mass is 10.1. The fourth-order valence-electron chi connectivity index (χ4n) is 2.14. The van der Waals surface area contributed by atoms with Gasteiger partial charge in [0.25, 0.3) is 0 Å². The number of carboxylic acids is 1. The van der Waals surface area contributed by atoms with Gasteiger partial charge in [0.05, 0.1) is 11.1 Å². The summed E-state index contributed by atoms with van der Waals surface area (Å²) < 4.78 is 2.13. The van der Waals surface area contributed by atoms with Crippen molar-refractivity contribution in [2.75, 3.05) is 6.54 Å². The molecule has 0 aliphatic rings. The molecule has 0 atom stereocenters. The highest BCUT2D eigenvalue weighted by Crippen LogP contribution is 2.22. The van der Waals surface area contributed by atoms with Gasteiger partial charge in [-0.1, -0.05) is 0 Å². The molecule has 0 bridgehead atoms. The first kappa shape index (κ1) is 11.7. The zero-order chi connectivity index (χ0) is 12.4. The first-order chi connectivity index (χ1) is 8.13. The minimum atomic E-state index is -0.885. The summed E-state index contributed by atoms with van der Waals surface area (Å²) in [5.41, 5.74) is 7.93. The van der Waals surface area contributed by atoms with Crippen LogP contribution < -0.4 is 5.73 Å². The van der Waals surface area contributed by atoms with E-state index < -0.39 is 5.97 Å². The standard InChI is InChI=1S/C13H16N2O2/c1-9-7-11(13(16)17)8-10-3-6-15(12(9)10)5-2-4-14/h3,6-8H,2,4-5,14H2,1H3,(H,16,17). The van der Waals surface area contributed by atoms with Crippen molar-refractivity contribution in [2.24, 2.45) is 5.73 Å². The van der Waals surface area contributed by atoms with E-state index in [2.05, 4.69) is 4.57 Å². The SMILES string of the molecule is Cc1cc(C(=O)O)cc2ccn(CCCN)c12. The van der Waals surface area contributed by atoms with Crippen LogP contribution in [0.2, 0.25) is 0 Å². The highest BCUT2D eigenvalue weighted by Gasteiger charge is 2.09. The molecule has 17 heavy (non-hydrogen) atoms. The zero-order valence-electron chi connectivity index (χ0n) is 9.81. The first-order valence-corrected chi connectivity index (χ1v) is 5.66. The number of fused-ring (bicyclic) bond motifs is 1. The van der Waals surface area contributed by atoms with Gasteiger partial charge < -0.3 is 15.4 Å². The van der Waals surface area contributed by atoms with Gasteiger partial charge in [-0.25, -0.2) is 4.79 Å². The van der Waals surface area contributed by atoms with E-state index in [-0.39, 0.29) is 0 Å². The van der Waals surface area contributed by atoms with E-state index in [0.717, 1.165) is 29.4 Å². The Kier molecular flexibility index (Phi) is 3.15. The molecule has 4 nitrogen and oxygen atoms in total. The lowest BCUT2D eigenvalue weighted by Gasteiger charge is -2.07. The average molecular weight is 232 g/mol. The molecule has 0 spiro atoms. The molecule has 0 saturated heterocycles. The maximum absolute atomic E-state index is 11.0. The predicted molar refractivity (Wildman–Crippen MR) is 67.3 cm³/mol. The molecule has 0 aliphatic heterocycles. The third-order valence-electron chi connectivity index (χ3n) is 2.90. The fourth-order valence-corrected chi connectivity index (χ4v) is 2.14. The smallest absolute Gasteiger partial charge is 0.335 e. The fraction of sp³-hybridized carbons (Fsp3) is 0.308. The normalized spacial score (nSPS) is 10.9. The van der Waals surface area contributed by atoms with Gasteiger partial charge in [0.2, 0.25) is 0 Å². The number of hydrogen-bond acceptors (Lipinski definition) is 2. The van der Waals surface area contributed by atoms with Gasteiger partial charge in [0, 0.05) is 18.1 Å². The molecule has 0 radical (unpaired) electrons. The summed E-state index contributed by atoms with van der Waals surface area (Å²) in [6.07, 6.45) is 2.91. The topological polar surface area (TPSA) is 68.2 Å². The third kappa shape index (κ3) is 2.17. The van der Waals surface area contributed by atoms with Crippen LogP contribution in [0, 0.1) is 6.92 Å². The Morgan fingerprint density at radius 2 is 2.24 bits per heavy atom. The molecule has 2 aromatic rings. The molecule has 4 heteroatoms. The van der Waals surface area contributed by atoms with Gasteiger partial charge in [0.15, 0.2) is 0 Å². The molecule has 0 fully saturated rings. The number of nitrogens with zero attached hydrogens (tertiary/aromatic N) is 1. The van der Waals surface area contributed by atoms with Crippen molar-refractivity contribution in [3.05, 3.63) is 35.5 Å². The number of carbonyl (C=O) groups is 1. The van der Waals surface area contributed by atoms with Gasteiger partial charge in [-0.15, -0.1) is 0 Å². The number of benzene rings is 1. The molecule has 0 amide bonds. The number of nitrogens with two attached hydrogens (primary N) is 1. The monoisotopic (exact) mass is 232 g/mol. The van der Waals surface area contributed by atoms with Crippen LogP contribution in [-0.4, -0.2) is 22.2 Å². The Morgan fingerprint density at radius 1 is 1.47 bits per heavy atom. The van der Waals surface area contributed by atoms with E-state index >= 15 is 0 Å². The minimum absolute atomic E-state index is 0.339. The summed E-state index contributed by atoms with van der Waals surface area (Å²) in [4.78, 5) is 11.0. The quantitative estimate of drug-likeness (QED) is 0.847. The summed E-state index contributed by atoms with van der Waals surface area (Å²) in [5.74, 6) is -0.885. The van der Waals surface area contributed by atoms with Crippen molar-refractivity contribution in [2.45, 2.75) is 19.9 Å². The van der Waals surface area contributed by atoms with E-state index in [0.29, 0.717) is 12.1 Å². The molecule has 1 aromatic carbocycles. The molecule has 0 aliphatic carbocycles. The molecular weight excluding hydrogens is 216 g/mol. The molecule has 3 N–H and O–H groups in total. The number of aromatic carboxylic acids is 1.